The highest BCUT2D eigenvalue weighted by Gasteiger charge is 2.13. The Labute approximate surface area is 109 Å². The van der Waals surface area contributed by atoms with Crippen molar-refractivity contribution in [2.75, 3.05) is 0 Å². The number of rotatable bonds is 2. The number of benzene rings is 1. The molecule has 19 heavy (non-hydrogen) atoms. The summed E-state index contributed by atoms with van der Waals surface area (Å²) in [5.74, 6) is 0.489. The number of nitrogens with zero attached hydrogens (tertiary/aromatic N) is 4. The van der Waals surface area contributed by atoms with Gasteiger partial charge in [0.25, 0.3) is 0 Å². The van der Waals surface area contributed by atoms with Gasteiger partial charge in [-0.1, -0.05) is 17.3 Å². The Hall–Kier alpha value is -2.76. The number of para-hydroxylation sites is 1. The highest BCUT2D eigenvalue weighted by Crippen LogP contribution is 2.17. The highest BCUT2D eigenvalue weighted by molar-refractivity contribution is 5.98. The number of aromatic nitrogens is 4. The lowest BCUT2D eigenvalue weighted by atomic mass is 10.2. The molecule has 0 unspecified atom stereocenters. The fraction of sp³-hybridized carbons (Fsp3) is 0.0769. The number of hydrogen-bond donors (Lipinski definition) is 2. The molecule has 94 valence electrons. The molecule has 0 atom stereocenters. The van der Waals surface area contributed by atoms with E-state index >= 15 is 0 Å². The number of aryl methyl sites for hydroxylation is 1. The van der Waals surface area contributed by atoms with Gasteiger partial charge in [0, 0.05) is 5.69 Å². The van der Waals surface area contributed by atoms with Crippen LogP contribution in [0.3, 0.4) is 0 Å². The fourth-order valence-electron chi connectivity index (χ4n) is 1.94. The minimum Gasteiger partial charge on any atom is -0.384 e. The third-order valence-corrected chi connectivity index (χ3v) is 2.86. The molecule has 0 bridgehead atoms. The third kappa shape index (κ3) is 1.83. The van der Waals surface area contributed by atoms with Gasteiger partial charge in [0.2, 0.25) is 0 Å². The van der Waals surface area contributed by atoms with Gasteiger partial charge in [-0.3, -0.25) is 5.41 Å². The standard InChI is InChI=1S/C13H12N6/c1-8-6-7-9(12(14)15)13(16-8)19-11-5-3-2-4-10(11)17-18-19/h2-7H,1H3,(H3,14,15). The lowest BCUT2D eigenvalue weighted by Crippen LogP contribution is -2.17. The number of nitrogens with one attached hydrogen (secondary N) is 1. The maximum Gasteiger partial charge on any atom is 0.167 e. The van der Waals surface area contributed by atoms with Crippen LogP contribution in [-0.4, -0.2) is 25.8 Å². The van der Waals surface area contributed by atoms with Gasteiger partial charge in [-0.25, -0.2) is 4.98 Å². The molecule has 6 nitrogen and oxygen atoms in total. The summed E-state index contributed by atoms with van der Waals surface area (Å²) >= 11 is 0. The van der Waals surface area contributed by atoms with Crippen LogP contribution in [-0.2, 0) is 0 Å². The molecule has 0 saturated heterocycles. The van der Waals surface area contributed by atoms with E-state index < -0.39 is 0 Å². The molecule has 1 aromatic carbocycles. The van der Waals surface area contributed by atoms with E-state index in [1.807, 2.05) is 37.3 Å². The Kier molecular flexibility index (Phi) is 2.49. The SMILES string of the molecule is Cc1ccc(C(=N)N)c(-n2nnc3ccccc32)n1. The first-order valence-corrected chi connectivity index (χ1v) is 5.79. The molecule has 3 N–H and O–H groups in total. The van der Waals surface area contributed by atoms with Crippen molar-refractivity contribution in [3.05, 3.63) is 47.7 Å². The first-order valence-electron chi connectivity index (χ1n) is 5.79. The lowest BCUT2D eigenvalue weighted by molar-refractivity contribution is 0.795. The van der Waals surface area contributed by atoms with E-state index in [2.05, 4.69) is 15.3 Å². The first kappa shape index (κ1) is 11.3. The number of amidine groups is 1. The minimum absolute atomic E-state index is 0.0397. The van der Waals surface area contributed by atoms with Crippen molar-refractivity contribution in [1.82, 2.24) is 20.0 Å². The van der Waals surface area contributed by atoms with Crippen molar-refractivity contribution < 1.29 is 0 Å². The number of nitrogens with two attached hydrogens (primary N) is 1. The van der Waals surface area contributed by atoms with Gasteiger partial charge < -0.3 is 5.73 Å². The van der Waals surface area contributed by atoms with Gasteiger partial charge in [0.15, 0.2) is 5.82 Å². The molecule has 2 heterocycles. The molecule has 2 aromatic heterocycles. The van der Waals surface area contributed by atoms with E-state index in [4.69, 9.17) is 11.1 Å². The molecule has 3 rings (SSSR count). The average molecular weight is 252 g/mol. The molecule has 0 saturated carbocycles. The summed E-state index contributed by atoms with van der Waals surface area (Å²) in [5.41, 5.74) is 8.59. The van der Waals surface area contributed by atoms with Crippen LogP contribution in [0.2, 0.25) is 0 Å². The Balaban J connectivity index is 2.32. The summed E-state index contributed by atoms with van der Waals surface area (Å²) in [6.45, 7) is 1.88. The summed E-state index contributed by atoms with van der Waals surface area (Å²) < 4.78 is 1.61. The second kappa shape index (κ2) is 4.16. The van der Waals surface area contributed by atoms with E-state index in [9.17, 15) is 0 Å². The molecule has 0 radical (unpaired) electrons. The summed E-state index contributed by atoms with van der Waals surface area (Å²) in [4.78, 5) is 4.43. The van der Waals surface area contributed by atoms with Crippen LogP contribution in [0, 0.1) is 12.3 Å². The molecule has 0 aliphatic rings. The molecule has 0 amide bonds. The Morgan fingerprint density at radius 3 is 2.79 bits per heavy atom. The van der Waals surface area contributed by atoms with Crippen LogP contribution in [0.25, 0.3) is 16.9 Å². The van der Waals surface area contributed by atoms with Crippen LogP contribution in [0.5, 0.6) is 0 Å². The normalized spacial score (nSPS) is 10.8. The topological polar surface area (TPSA) is 93.5 Å². The second-order valence-corrected chi connectivity index (χ2v) is 4.23. The van der Waals surface area contributed by atoms with Crippen LogP contribution >= 0.6 is 0 Å². The van der Waals surface area contributed by atoms with Crippen molar-refractivity contribution in [3.8, 4) is 5.82 Å². The van der Waals surface area contributed by atoms with Gasteiger partial charge in [0.05, 0.1) is 11.1 Å². The van der Waals surface area contributed by atoms with Crippen molar-refractivity contribution in [2.24, 2.45) is 5.73 Å². The van der Waals surface area contributed by atoms with Crippen molar-refractivity contribution >= 4 is 16.9 Å². The van der Waals surface area contributed by atoms with E-state index in [0.717, 1.165) is 16.7 Å². The maximum absolute atomic E-state index is 7.63. The molecule has 3 aromatic rings. The molecule has 0 fully saturated rings. The molecular formula is C13H12N6. The van der Waals surface area contributed by atoms with Crippen LogP contribution < -0.4 is 5.73 Å². The predicted octanol–water partition coefficient (Wildman–Crippen LogP) is 1.41. The molecule has 6 heteroatoms. The zero-order valence-electron chi connectivity index (χ0n) is 10.3. The smallest absolute Gasteiger partial charge is 0.167 e. The highest BCUT2D eigenvalue weighted by atomic mass is 15.4. The Bertz CT molecular complexity index is 774. The molecular weight excluding hydrogens is 240 g/mol. The zero-order chi connectivity index (χ0) is 13.4. The van der Waals surface area contributed by atoms with E-state index in [1.54, 1.807) is 10.7 Å². The Morgan fingerprint density at radius 1 is 1.21 bits per heavy atom. The fourth-order valence-corrected chi connectivity index (χ4v) is 1.94. The zero-order valence-corrected chi connectivity index (χ0v) is 10.3. The van der Waals surface area contributed by atoms with E-state index in [-0.39, 0.29) is 5.84 Å². The quantitative estimate of drug-likeness (QED) is 0.532. The maximum atomic E-state index is 7.63. The summed E-state index contributed by atoms with van der Waals surface area (Å²) in [5, 5.41) is 15.8. The molecule has 0 aliphatic carbocycles. The van der Waals surface area contributed by atoms with Gasteiger partial charge in [-0.15, -0.1) is 5.10 Å². The summed E-state index contributed by atoms with van der Waals surface area (Å²) in [7, 11) is 0. The summed E-state index contributed by atoms with van der Waals surface area (Å²) in [6, 6.07) is 11.2. The third-order valence-electron chi connectivity index (χ3n) is 2.86. The van der Waals surface area contributed by atoms with Crippen LogP contribution in [0.1, 0.15) is 11.3 Å². The summed E-state index contributed by atoms with van der Waals surface area (Å²) in [6.07, 6.45) is 0. The van der Waals surface area contributed by atoms with Crippen molar-refractivity contribution in [2.45, 2.75) is 6.92 Å². The molecule has 0 aliphatic heterocycles. The minimum atomic E-state index is -0.0397. The number of pyridine rings is 1. The van der Waals surface area contributed by atoms with Gasteiger partial charge in [-0.05, 0) is 31.2 Å². The number of fused-ring (bicyclic) bond motifs is 1. The second-order valence-electron chi connectivity index (χ2n) is 4.23. The van der Waals surface area contributed by atoms with E-state index in [0.29, 0.717) is 11.4 Å². The largest absolute Gasteiger partial charge is 0.384 e. The van der Waals surface area contributed by atoms with Gasteiger partial charge >= 0.3 is 0 Å². The number of hydrogen-bond acceptors (Lipinski definition) is 4. The van der Waals surface area contributed by atoms with E-state index in [1.165, 1.54) is 0 Å². The van der Waals surface area contributed by atoms with Crippen LogP contribution in [0.15, 0.2) is 36.4 Å². The van der Waals surface area contributed by atoms with Gasteiger partial charge in [0.1, 0.15) is 11.4 Å². The molecule has 0 spiro atoms. The predicted molar refractivity (Wildman–Crippen MR) is 72.4 cm³/mol. The first-order chi connectivity index (χ1) is 9.16. The van der Waals surface area contributed by atoms with Gasteiger partial charge in [-0.2, -0.15) is 4.68 Å². The van der Waals surface area contributed by atoms with Crippen molar-refractivity contribution in [3.63, 3.8) is 0 Å². The van der Waals surface area contributed by atoms with Crippen LogP contribution in [0.4, 0.5) is 0 Å². The average Bonchev–Trinajstić information content (AvgIpc) is 2.82. The van der Waals surface area contributed by atoms with Crippen molar-refractivity contribution in [1.29, 1.82) is 5.41 Å². The lowest BCUT2D eigenvalue weighted by Gasteiger charge is -2.08. The number of nitrogen functional groups attached to an aromatic ring is 1. The Morgan fingerprint density at radius 2 is 2.00 bits per heavy atom. The monoisotopic (exact) mass is 252 g/mol.